The van der Waals surface area contributed by atoms with E-state index in [9.17, 15) is 30.1 Å². The van der Waals surface area contributed by atoms with Crippen molar-refractivity contribution in [3.8, 4) is 17.6 Å². The Bertz CT molecular complexity index is 993. The Morgan fingerprint density at radius 3 is 2.58 bits per heavy atom. The van der Waals surface area contributed by atoms with Gasteiger partial charge >= 0.3 is 11.8 Å². The van der Waals surface area contributed by atoms with Crippen LogP contribution >= 0.6 is 0 Å². The van der Waals surface area contributed by atoms with Crippen molar-refractivity contribution in [2.24, 2.45) is 0 Å². The summed E-state index contributed by atoms with van der Waals surface area (Å²) in [5.41, 5.74) is -1.07. The summed E-state index contributed by atoms with van der Waals surface area (Å²) < 4.78 is 20.7. The average molecular weight is 463 g/mol. The average Bonchev–Trinajstić information content (AvgIpc) is 3.11. The molecule has 1 aliphatic heterocycles. The van der Waals surface area contributed by atoms with Gasteiger partial charge in [0.15, 0.2) is 11.5 Å². The third kappa shape index (κ3) is 6.64. The summed E-state index contributed by atoms with van der Waals surface area (Å²) in [5, 5.41) is 30.9. The predicted molar refractivity (Wildman–Crippen MR) is 113 cm³/mol. The zero-order valence-corrected chi connectivity index (χ0v) is 18.7. The Morgan fingerprint density at radius 2 is 2.06 bits per heavy atom. The Hall–Kier alpha value is -3.69. The van der Waals surface area contributed by atoms with Crippen molar-refractivity contribution < 1.29 is 38.6 Å². The van der Waals surface area contributed by atoms with E-state index in [0.29, 0.717) is 13.1 Å². The Kier molecular flexibility index (Phi) is 8.33. The number of nitro groups is 1. The lowest BCUT2D eigenvalue weighted by atomic mass is 10.1. The van der Waals surface area contributed by atoms with Gasteiger partial charge in [0.05, 0.1) is 11.5 Å². The zero-order chi connectivity index (χ0) is 24.8. The fourth-order valence-electron chi connectivity index (χ4n) is 3.03. The molecule has 0 radical (unpaired) electrons. The minimum absolute atomic E-state index is 0.00590. The Labute approximate surface area is 190 Å². The zero-order valence-electron chi connectivity index (χ0n) is 18.7. The quantitative estimate of drug-likeness (QED) is 0.151. The van der Waals surface area contributed by atoms with Gasteiger partial charge in [0.2, 0.25) is 5.75 Å². The van der Waals surface area contributed by atoms with Crippen molar-refractivity contribution >= 4 is 23.8 Å². The number of nitrogens with zero attached hydrogens (tertiary/aromatic N) is 3. The number of phenolic OH excluding ortho intramolecular Hbond substituents is 1. The summed E-state index contributed by atoms with van der Waals surface area (Å²) in [7, 11) is 0. The topological polar surface area (TPSA) is 161 Å². The number of phenols is 1. The third-order valence-electron chi connectivity index (χ3n) is 4.63. The van der Waals surface area contributed by atoms with Crippen LogP contribution in [0.1, 0.15) is 33.3 Å². The van der Waals surface area contributed by atoms with Crippen molar-refractivity contribution in [3.63, 3.8) is 0 Å². The highest BCUT2D eigenvalue weighted by atomic mass is 16.8. The smallest absolute Gasteiger partial charge is 0.499 e. The first kappa shape index (κ1) is 25.6. The maximum atomic E-state index is 12.5. The number of rotatable bonds is 8. The maximum absolute atomic E-state index is 12.5. The second-order valence-corrected chi connectivity index (χ2v) is 7.40. The molecular weight excluding hydrogens is 438 g/mol. The molecule has 178 valence electrons. The van der Waals surface area contributed by atoms with Crippen molar-refractivity contribution in [2.75, 3.05) is 26.3 Å². The molecule has 1 aromatic carbocycles. The molecular formula is C21H25N3O9. The summed E-state index contributed by atoms with van der Waals surface area (Å²) in [5.74, 6) is -2.87. The van der Waals surface area contributed by atoms with E-state index in [1.807, 2.05) is 0 Å². The van der Waals surface area contributed by atoms with Crippen molar-refractivity contribution in [1.82, 2.24) is 4.90 Å². The van der Waals surface area contributed by atoms with E-state index < -0.39 is 46.1 Å². The number of nitro benzene ring substituents is 1. The van der Waals surface area contributed by atoms with E-state index in [0.717, 1.165) is 18.2 Å². The molecule has 12 nitrogen and oxygen atoms in total. The predicted octanol–water partition coefficient (Wildman–Crippen LogP) is 2.74. The highest BCUT2D eigenvalue weighted by Crippen LogP contribution is 2.38. The van der Waals surface area contributed by atoms with Gasteiger partial charge in [0, 0.05) is 19.2 Å². The van der Waals surface area contributed by atoms with Gasteiger partial charge < -0.3 is 29.0 Å². The van der Waals surface area contributed by atoms with Crippen LogP contribution in [0.2, 0.25) is 0 Å². The van der Waals surface area contributed by atoms with Gasteiger partial charge in [-0.15, -0.1) is 0 Å². The lowest BCUT2D eigenvalue weighted by molar-refractivity contribution is -0.385. The lowest BCUT2D eigenvalue weighted by Crippen LogP contribution is -2.31. The first-order chi connectivity index (χ1) is 15.5. The van der Waals surface area contributed by atoms with Crippen LogP contribution in [0.4, 0.5) is 10.5 Å². The van der Waals surface area contributed by atoms with Gasteiger partial charge in [0.1, 0.15) is 24.4 Å². The Morgan fingerprint density at radius 1 is 1.39 bits per heavy atom. The number of hydrogen-bond acceptors (Lipinski definition) is 10. The highest BCUT2D eigenvalue weighted by Gasteiger charge is 2.33. The van der Waals surface area contributed by atoms with Crippen LogP contribution in [-0.4, -0.2) is 65.2 Å². The molecule has 1 heterocycles. The van der Waals surface area contributed by atoms with Gasteiger partial charge in [-0.1, -0.05) is 0 Å². The largest absolute Gasteiger partial charge is 0.514 e. The monoisotopic (exact) mass is 463 g/mol. The van der Waals surface area contributed by atoms with Crippen LogP contribution in [0.5, 0.6) is 11.5 Å². The number of nitriles is 1. The van der Waals surface area contributed by atoms with Crippen LogP contribution in [0.15, 0.2) is 17.7 Å². The molecule has 0 aliphatic carbocycles. The summed E-state index contributed by atoms with van der Waals surface area (Å²) >= 11 is 0. The molecule has 0 spiro atoms. The Balaban J connectivity index is 2.26. The molecule has 1 fully saturated rings. The van der Waals surface area contributed by atoms with Gasteiger partial charge in [-0.25, -0.2) is 4.79 Å². The van der Waals surface area contributed by atoms with E-state index in [2.05, 4.69) is 0 Å². The normalized spacial score (nSPS) is 17.2. The molecule has 1 aliphatic rings. The molecule has 1 unspecified atom stereocenters. The fourth-order valence-corrected chi connectivity index (χ4v) is 3.03. The molecule has 1 atom stereocenters. The van der Waals surface area contributed by atoms with Crippen LogP contribution < -0.4 is 4.74 Å². The van der Waals surface area contributed by atoms with Crippen LogP contribution in [0, 0.1) is 21.4 Å². The molecule has 0 aromatic heterocycles. The second-order valence-electron chi connectivity index (χ2n) is 7.40. The number of hydrogen-bond donors (Lipinski definition) is 1. The van der Waals surface area contributed by atoms with Gasteiger partial charge in [0.25, 0.3) is 5.91 Å². The van der Waals surface area contributed by atoms with Crippen LogP contribution in [0.25, 0.3) is 6.08 Å². The molecule has 0 saturated carbocycles. The summed E-state index contributed by atoms with van der Waals surface area (Å²) in [4.78, 5) is 36.4. The van der Waals surface area contributed by atoms with E-state index >= 15 is 0 Å². The first-order valence-electron chi connectivity index (χ1n) is 10.1. The van der Waals surface area contributed by atoms with E-state index in [1.165, 1.54) is 4.90 Å². The number of likely N-dealkylation sites (N-methyl/N-ethyl adjacent to an activating group) is 1. The van der Waals surface area contributed by atoms with Crippen molar-refractivity contribution in [1.29, 1.82) is 5.26 Å². The summed E-state index contributed by atoms with van der Waals surface area (Å²) in [6, 6.07) is 3.79. The van der Waals surface area contributed by atoms with Gasteiger partial charge in [-0.05, 0) is 45.4 Å². The lowest BCUT2D eigenvalue weighted by Gasteiger charge is -2.17. The number of benzene rings is 1. The van der Waals surface area contributed by atoms with E-state index in [1.54, 1.807) is 33.8 Å². The molecule has 2 rings (SSSR count). The number of aromatic hydroxyl groups is 1. The molecule has 1 N–H and O–H groups in total. The second kappa shape index (κ2) is 10.8. The third-order valence-corrected chi connectivity index (χ3v) is 4.63. The molecule has 1 amide bonds. The SMILES string of the molecule is CCN(CC)C(=O)C(C#N)=Cc1cc(OC(=O)OCC2COC(C)(C)O2)c(O)c([N+](=O)[O-])c1. The van der Waals surface area contributed by atoms with Crippen LogP contribution in [-0.2, 0) is 19.0 Å². The standard InChI is InChI=1S/C21H25N3O9/c1-5-23(6-2)19(26)14(10-22)7-13-8-16(24(28)29)18(25)17(9-13)32-20(27)30-11-15-12-31-21(3,4)33-15/h7-9,15,25H,5-6,11-12H2,1-4H3. The minimum atomic E-state index is -1.24. The minimum Gasteiger partial charge on any atom is -0.499 e. The molecule has 1 aromatic rings. The van der Waals surface area contributed by atoms with Gasteiger partial charge in [-0.2, -0.15) is 5.26 Å². The summed E-state index contributed by atoms with van der Waals surface area (Å²) in [6.45, 7) is 7.57. The van der Waals surface area contributed by atoms with E-state index in [-0.39, 0.29) is 24.4 Å². The molecule has 12 heteroatoms. The van der Waals surface area contributed by atoms with Crippen molar-refractivity contribution in [3.05, 3.63) is 33.4 Å². The van der Waals surface area contributed by atoms with Crippen molar-refractivity contribution in [2.45, 2.75) is 39.6 Å². The first-order valence-corrected chi connectivity index (χ1v) is 10.1. The van der Waals surface area contributed by atoms with Gasteiger partial charge in [-0.3, -0.25) is 14.9 Å². The number of ether oxygens (including phenoxy) is 4. The summed E-state index contributed by atoms with van der Waals surface area (Å²) in [6.07, 6.45) is -0.667. The number of amides is 1. The molecule has 1 saturated heterocycles. The molecule has 33 heavy (non-hydrogen) atoms. The number of carbonyl (C=O) groups is 2. The number of carbonyl (C=O) groups excluding carboxylic acids is 2. The molecule has 0 bridgehead atoms. The highest BCUT2D eigenvalue weighted by molar-refractivity contribution is 6.01. The van der Waals surface area contributed by atoms with Crippen LogP contribution in [0.3, 0.4) is 0 Å². The van der Waals surface area contributed by atoms with E-state index in [4.69, 9.17) is 18.9 Å². The fraction of sp³-hybridized carbons (Fsp3) is 0.476. The maximum Gasteiger partial charge on any atom is 0.514 e.